The van der Waals surface area contributed by atoms with Crippen molar-refractivity contribution in [2.24, 2.45) is 11.8 Å². The minimum Gasteiger partial charge on any atom is -0.304 e. The molecule has 1 aliphatic carbocycles. The van der Waals surface area contributed by atoms with Crippen molar-refractivity contribution >= 4 is 11.6 Å². The first-order valence-electron chi connectivity index (χ1n) is 5.29. The van der Waals surface area contributed by atoms with Gasteiger partial charge in [-0.25, -0.2) is 0 Å². The fraction of sp³-hybridized carbons (Fsp3) is 0.800. The molecule has 0 spiro atoms. The number of halogens is 1. The first-order chi connectivity index (χ1) is 6.75. The third kappa shape index (κ3) is 2.27. The van der Waals surface area contributed by atoms with Gasteiger partial charge in [0, 0.05) is 6.54 Å². The molecule has 2 rings (SSSR count). The average molecular weight is 214 g/mol. The van der Waals surface area contributed by atoms with Crippen LogP contribution >= 0.6 is 11.6 Å². The molecular formula is C10H16ClN3. The van der Waals surface area contributed by atoms with Gasteiger partial charge in [-0.1, -0.05) is 19.8 Å². The lowest BCUT2D eigenvalue weighted by Crippen LogP contribution is -2.17. The SMILES string of the molecule is CC1CCC(Cn2cnnc2Cl)CC1. The van der Waals surface area contributed by atoms with Crippen LogP contribution in [0.4, 0.5) is 0 Å². The molecule has 3 nitrogen and oxygen atoms in total. The minimum absolute atomic E-state index is 0.517. The van der Waals surface area contributed by atoms with Crippen molar-refractivity contribution in [3.63, 3.8) is 0 Å². The molecule has 0 aromatic carbocycles. The maximum atomic E-state index is 5.88. The maximum absolute atomic E-state index is 5.88. The van der Waals surface area contributed by atoms with Gasteiger partial charge in [-0.3, -0.25) is 0 Å². The average Bonchev–Trinajstić information content (AvgIpc) is 2.56. The molecule has 1 aromatic heterocycles. The van der Waals surface area contributed by atoms with Crippen LogP contribution in [-0.4, -0.2) is 14.8 Å². The van der Waals surface area contributed by atoms with Crippen molar-refractivity contribution in [3.8, 4) is 0 Å². The van der Waals surface area contributed by atoms with Gasteiger partial charge in [-0.15, -0.1) is 10.2 Å². The largest absolute Gasteiger partial charge is 0.304 e. The van der Waals surface area contributed by atoms with Gasteiger partial charge in [-0.2, -0.15) is 0 Å². The summed E-state index contributed by atoms with van der Waals surface area (Å²) < 4.78 is 1.95. The van der Waals surface area contributed by atoms with Crippen LogP contribution < -0.4 is 0 Å². The Labute approximate surface area is 89.5 Å². The van der Waals surface area contributed by atoms with E-state index in [0.29, 0.717) is 5.28 Å². The lowest BCUT2D eigenvalue weighted by atomic mass is 9.83. The standard InChI is InChI=1S/C10H16ClN3/c1-8-2-4-9(5-3-8)6-14-7-12-13-10(14)11/h7-9H,2-6H2,1H3. The van der Waals surface area contributed by atoms with Gasteiger partial charge in [0.1, 0.15) is 6.33 Å². The molecule has 0 atom stereocenters. The second-order valence-corrected chi connectivity index (χ2v) is 4.72. The summed E-state index contributed by atoms with van der Waals surface area (Å²) >= 11 is 5.88. The second-order valence-electron chi connectivity index (χ2n) is 4.38. The van der Waals surface area contributed by atoms with Crippen LogP contribution in [0.3, 0.4) is 0 Å². The predicted octanol–water partition coefficient (Wildman–Crippen LogP) is 2.76. The van der Waals surface area contributed by atoms with Crippen molar-refractivity contribution in [1.29, 1.82) is 0 Å². The Morgan fingerprint density at radius 3 is 2.71 bits per heavy atom. The molecule has 0 N–H and O–H groups in total. The Kier molecular flexibility index (Phi) is 3.06. The Morgan fingerprint density at radius 2 is 2.14 bits per heavy atom. The summed E-state index contributed by atoms with van der Waals surface area (Å²) in [4.78, 5) is 0. The minimum atomic E-state index is 0.517. The number of rotatable bonds is 2. The van der Waals surface area contributed by atoms with Crippen LogP contribution in [0.25, 0.3) is 0 Å². The van der Waals surface area contributed by atoms with Crippen molar-refractivity contribution in [1.82, 2.24) is 14.8 Å². The van der Waals surface area contributed by atoms with Crippen molar-refractivity contribution in [3.05, 3.63) is 11.6 Å². The summed E-state index contributed by atoms with van der Waals surface area (Å²) in [6, 6.07) is 0. The van der Waals surface area contributed by atoms with Crippen LogP contribution in [-0.2, 0) is 6.54 Å². The highest BCUT2D eigenvalue weighted by Crippen LogP contribution is 2.29. The zero-order valence-electron chi connectivity index (χ0n) is 8.49. The molecule has 1 aromatic rings. The highest BCUT2D eigenvalue weighted by molar-refractivity contribution is 6.28. The topological polar surface area (TPSA) is 30.7 Å². The summed E-state index contributed by atoms with van der Waals surface area (Å²) in [5.74, 6) is 1.67. The van der Waals surface area contributed by atoms with Gasteiger partial charge < -0.3 is 4.57 Å². The molecule has 0 amide bonds. The Morgan fingerprint density at radius 1 is 1.43 bits per heavy atom. The predicted molar refractivity (Wildman–Crippen MR) is 56.2 cm³/mol. The van der Waals surface area contributed by atoms with Gasteiger partial charge >= 0.3 is 0 Å². The van der Waals surface area contributed by atoms with Crippen LogP contribution in [0, 0.1) is 11.8 Å². The fourth-order valence-corrected chi connectivity index (χ4v) is 2.31. The van der Waals surface area contributed by atoms with Crippen molar-refractivity contribution in [2.75, 3.05) is 0 Å². The van der Waals surface area contributed by atoms with E-state index in [1.54, 1.807) is 6.33 Å². The molecule has 1 heterocycles. The molecule has 0 saturated heterocycles. The third-order valence-electron chi connectivity index (χ3n) is 3.16. The fourth-order valence-electron chi connectivity index (χ4n) is 2.15. The maximum Gasteiger partial charge on any atom is 0.224 e. The second kappa shape index (κ2) is 4.30. The smallest absolute Gasteiger partial charge is 0.224 e. The van der Waals surface area contributed by atoms with E-state index in [2.05, 4.69) is 17.1 Å². The van der Waals surface area contributed by atoms with Crippen LogP contribution in [0.5, 0.6) is 0 Å². The molecule has 78 valence electrons. The molecular weight excluding hydrogens is 198 g/mol. The van der Waals surface area contributed by atoms with Crippen molar-refractivity contribution in [2.45, 2.75) is 39.2 Å². The molecule has 1 saturated carbocycles. The first kappa shape index (κ1) is 9.97. The monoisotopic (exact) mass is 213 g/mol. The highest BCUT2D eigenvalue weighted by atomic mass is 35.5. The van der Waals surface area contributed by atoms with Gasteiger partial charge in [0.25, 0.3) is 0 Å². The van der Waals surface area contributed by atoms with Gasteiger partial charge in [0.2, 0.25) is 5.28 Å². The summed E-state index contributed by atoms with van der Waals surface area (Å²) in [5.41, 5.74) is 0. The van der Waals surface area contributed by atoms with Gasteiger partial charge in [-0.05, 0) is 36.3 Å². The lowest BCUT2D eigenvalue weighted by Gasteiger charge is -2.26. The van der Waals surface area contributed by atoms with Crippen LogP contribution in [0.15, 0.2) is 6.33 Å². The van der Waals surface area contributed by atoms with Gasteiger partial charge in [0.05, 0.1) is 0 Å². The molecule has 0 aliphatic heterocycles. The zero-order valence-corrected chi connectivity index (χ0v) is 9.24. The van der Waals surface area contributed by atoms with E-state index in [0.717, 1.165) is 18.4 Å². The Hall–Kier alpha value is -0.570. The zero-order chi connectivity index (χ0) is 9.97. The quantitative estimate of drug-likeness (QED) is 0.757. The summed E-state index contributed by atoms with van der Waals surface area (Å²) in [6.07, 6.45) is 7.06. The molecule has 0 bridgehead atoms. The first-order valence-corrected chi connectivity index (χ1v) is 5.67. The molecule has 1 fully saturated rings. The molecule has 14 heavy (non-hydrogen) atoms. The molecule has 1 aliphatic rings. The highest BCUT2D eigenvalue weighted by Gasteiger charge is 2.19. The normalized spacial score (nSPS) is 27.9. The molecule has 0 unspecified atom stereocenters. The van der Waals surface area contributed by atoms with E-state index < -0.39 is 0 Å². The molecule has 4 heteroatoms. The van der Waals surface area contributed by atoms with Gasteiger partial charge in [0.15, 0.2) is 0 Å². The number of nitrogens with zero attached hydrogens (tertiary/aromatic N) is 3. The van der Waals surface area contributed by atoms with Crippen LogP contribution in [0.2, 0.25) is 5.28 Å². The number of aromatic nitrogens is 3. The van der Waals surface area contributed by atoms with E-state index in [1.807, 2.05) is 4.57 Å². The molecule has 0 radical (unpaired) electrons. The number of hydrogen-bond acceptors (Lipinski definition) is 2. The summed E-state index contributed by atoms with van der Waals surface area (Å²) in [5, 5.41) is 8.08. The Balaban J connectivity index is 1.89. The van der Waals surface area contributed by atoms with Crippen LogP contribution in [0.1, 0.15) is 32.6 Å². The van der Waals surface area contributed by atoms with E-state index in [9.17, 15) is 0 Å². The van der Waals surface area contributed by atoms with E-state index >= 15 is 0 Å². The van der Waals surface area contributed by atoms with E-state index in [4.69, 9.17) is 11.6 Å². The number of hydrogen-bond donors (Lipinski definition) is 0. The lowest BCUT2D eigenvalue weighted by molar-refractivity contribution is 0.264. The van der Waals surface area contributed by atoms with Crippen molar-refractivity contribution < 1.29 is 0 Å². The summed E-state index contributed by atoms with van der Waals surface area (Å²) in [7, 11) is 0. The summed E-state index contributed by atoms with van der Waals surface area (Å²) in [6.45, 7) is 3.32. The Bertz CT molecular complexity index is 289. The van der Waals surface area contributed by atoms with E-state index in [-0.39, 0.29) is 0 Å². The van der Waals surface area contributed by atoms with E-state index in [1.165, 1.54) is 25.7 Å². The third-order valence-corrected chi connectivity index (χ3v) is 3.45.